The molecule has 82 valence electrons. The van der Waals surface area contributed by atoms with E-state index >= 15 is 0 Å². The smallest absolute Gasteiger partial charge is 0.222 e. The second-order valence-corrected chi connectivity index (χ2v) is 4.38. The summed E-state index contributed by atoms with van der Waals surface area (Å²) in [6.07, 6.45) is 2.69. The number of rotatable bonds is 2. The minimum Gasteiger partial charge on any atom is -0.379 e. The van der Waals surface area contributed by atoms with Gasteiger partial charge >= 0.3 is 0 Å². The van der Waals surface area contributed by atoms with E-state index in [0.717, 1.165) is 29.9 Å². The first kappa shape index (κ1) is 10.6. The van der Waals surface area contributed by atoms with Crippen molar-refractivity contribution in [3.8, 4) is 0 Å². The molecule has 1 atom stereocenters. The van der Waals surface area contributed by atoms with Gasteiger partial charge in [0, 0.05) is 19.9 Å². The predicted octanol–water partition coefficient (Wildman–Crippen LogP) is 1.05. The lowest BCUT2D eigenvalue weighted by Gasteiger charge is -2.25. The van der Waals surface area contributed by atoms with Crippen molar-refractivity contribution in [2.24, 2.45) is 0 Å². The van der Waals surface area contributed by atoms with Crippen LogP contribution >= 0.6 is 15.9 Å². The largest absolute Gasteiger partial charge is 0.379 e. The summed E-state index contributed by atoms with van der Waals surface area (Å²) in [7, 11) is 1.99. The number of nitrogen functional groups attached to an aromatic ring is 1. The van der Waals surface area contributed by atoms with Gasteiger partial charge in [-0.2, -0.15) is 4.98 Å². The van der Waals surface area contributed by atoms with Gasteiger partial charge in [-0.3, -0.25) is 0 Å². The number of ether oxygens (including phenoxy) is 1. The van der Waals surface area contributed by atoms with E-state index in [1.165, 1.54) is 0 Å². The second kappa shape index (κ2) is 4.32. The molecular weight excluding hydrogens is 260 g/mol. The number of hydrogen-bond donors (Lipinski definition) is 1. The van der Waals surface area contributed by atoms with Crippen molar-refractivity contribution in [1.82, 2.24) is 9.97 Å². The Morgan fingerprint density at radius 3 is 3.13 bits per heavy atom. The molecule has 0 saturated carbocycles. The van der Waals surface area contributed by atoms with Gasteiger partial charge in [-0.25, -0.2) is 4.98 Å². The average Bonchev–Trinajstić information content (AvgIpc) is 2.74. The Labute approximate surface area is 96.8 Å². The van der Waals surface area contributed by atoms with E-state index in [1.807, 2.05) is 7.05 Å². The standard InChI is InChI=1S/C9H13BrN4O/c1-14(6-2-3-15-5-6)8-7(10)4-12-9(11)13-8/h4,6H,2-3,5H2,1H3,(H2,11,12,13). The van der Waals surface area contributed by atoms with Gasteiger partial charge in [0.25, 0.3) is 0 Å². The molecule has 0 aliphatic carbocycles. The highest BCUT2D eigenvalue weighted by Crippen LogP contribution is 2.26. The summed E-state index contributed by atoms with van der Waals surface area (Å²) in [5, 5.41) is 0. The van der Waals surface area contributed by atoms with E-state index in [2.05, 4.69) is 30.8 Å². The Hall–Kier alpha value is -0.880. The molecule has 2 heterocycles. The Bertz CT molecular complexity index is 354. The first-order valence-corrected chi connectivity index (χ1v) is 5.56. The molecule has 1 unspecified atom stereocenters. The van der Waals surface area contributed by atoms with Crippen LogP contribution in [0.1, 0.15) is 6.42 Å². The molecule has 15 heavy (non-hydrogen) atoms. The summed E-state index contributed by atoms with van der Waals surface area (Å²) < 4.78 is 6.19. The number of likely N-dealkylation sites (N-methyl/N-ethyl adjacent to an activating group) is 1. The number of hydrogen-bond acceptors (Lipinski definition) is 5. The van der Waals surface area contributed by atoms with Gasteiger partial charge in [0.05, 0.1) is 17.1 Å². The van der Waals surface area contributed by atoms with Gasteiger partial charge < -0.3 is 15.4 Å². The molecule has 1 saturated heterocycles. The summed E-state index contributed by atoms with van der Waals surface area (Å²) in [6, 6.07) is 0.371. The molecule has 1 aliphatic heterocycles. The predicted molar refractivity (Wildman–Crippen MR) is 61.8 cm³/mol. The van der Waals surface area contributed by atoms with Crippen molar-refractivity contribution in [2.45, 2.75) is 12.5 Å². The highest BCUT2D eigenvalue weighted by atomic mass is 79.9. The monoisotopic (exact) mass is 272 g/mol. The van der Waals surface area contributed by atoms with Crippen molar-refractivity contribution < 1.29 is 4.74 Å². The number of anilines is 2. The SMILES string of the molecule is CN(c1nc(N)ncc1Br)C1CCOC1. The van der Waals surface area contributed by atoms with Crippen molar-refractivity contribution in [2.75, 3.05) is 30.9 Å². The Balaban J connectivity index is 2.23. The number of nitrogens with two attached hydrogens (primary N) is 1. The summed E-state index contributed by atoms with van der Waals surface area (Å²) in [6.45, 7) is 1.56. The lowest BCUT2D eigenvalue weighted by Crippen LogP contribution is -2.32. The van der Waals surface area contributed by atoms with Crippen LogP contribution in [0, 0.1) is 0 Å². The molecule has 0 spiro atoms. The van der Waals surface area contributed by atoms with E-state index in [9.17, 15) is 0 Å². The molecule has 1 aliphatic rings. The van der Waals surface area contributed by atoms with Crippen LogP contribution < -0.4 is 10.6 Å². The van der Waals surface area contributed by atoms with Gasteiger partial charge in [0.15, 0.2) is 0 Å². The fraction of sp³-hybridized carbons (Fsp3) is 0.556. The number of aromatic nitrogens is 2. The lowest BCUT2D eigenvalue weighted by molar-refractivity contribution is 0.193. The minimum absolute atomic E-state index is 0.291. The van der Waals surface area contributed by atoms with Crippen molar-refractivity contribution in [3.63, 3.8) is 0 Å². The molecule has 0 aromatic carbocycles. The zero-order chi connectivity index (χ0) is 10.8. The zero-order valence-electron chi connectivity index (χ0n) is 8.48. The molecule has 5 nitrogen and oxygen atoms in total. The van der Waals surface area contributed by atoms with Crippen LogP contribution in [-0.2, 0) is 4.74 Å². The Morgan fingerprint density at radius 2 is 2.47 bits per heavy atom. The molecule has 6 heteroatoms. The van der Waals surface area contributed by atoms with Gasteiger partial charge in [-0.05, 0) is 22.4 Å². The first-order valence-electron chi connectivity index (χ1n) is 4.77. The molecule has 0 amide bonds. The summed E-state index contributed by atoms with van der Waals surface area (Å²) >= 11 is 3.42. The molecule has 1 aromatic rings. The van der Waals surface area contributed by atoms with Crippen LogP contribution in [0.3, 0.4) is 0 Å². The summed E-state index contributed by atoms with van der Waals surface area (Å²) in [4.78, 5) is 10.2. The van der Waals surface area contributed by atoms with Crippen LogP contribution in [0.5, 0.6) is 0 Å². The van der Waals surface area contributed by atoms with E-state index in [-0.39, 0.29) is 0 Å². The fourth-order valence-electron chi connectivity index (χ4n) is 1.62. The highest BCUT2D eigenvalue weighted by molar-refractivity contribution is 9.10. The molecular formula is C9H13BrN4O. The highest BCUT2D eigenvalue weighted by Gasteiger charge is 2.23. The number of halogens is 1. The summed E-state index contributed by atoms with van der Waals surface area (Å²) in [5.74, 6) is 1.11. The topological polar surface area (TPSA) is 64.3 Å². The normalized spacial score (nSPS) is 20.5. The minimum atomic E-state index is 0.291. The van der Waals surface area contributed by atoms with E-state index in [0.29, 0.717) is 12.0 Å². The maximum atomic E-state index is 5.56. The molecule has 2 rings (SSSR count). The fourth-order valence-corrected chi connectivity index (χ4v) is 2.09. The van der Waals surface area contributed by atoms with E-state index < -0.39 is 0 Å². The van der Waals surface area contributed by atoms with Crippen molar-refractivity contribution in [1.29, 1.82) is 0 Å². The molecule has 2 N–H and O–H groups in total. The van der Waals surface area contributed by atoms with Gasteiger partial charge in [-0.1, -0.05) is 0 Å². The van der Waals surface area contributed by atoms with E-state index in [4.69, 9.17) is 10.5 Å². The zero-order valence-corrected chi connectivity index (χ0v) is 10.1. The van der Waals surface area contributed by atoms with Gasteiger partial charge in [0.2, 0.25) is 5.95 Å². The lowest BCUT2D eigenvalue weighted by atomic mass is 10.2. The van der Waals surface area contributed by atoms with Gasteiger partial charge in [-0.15, -0.1) is 0 Å². The quantitative estimate of drug-likeness (QED) is 0.872. The molecule has 1 fully saturated rings. The maximum Gasteiger partial charge on any atom is 0.222 e. The maximum absolute atomic E-state index is 5.56. The first-order chi connectivity index (χ1) is 7.18. The molecule has 0 bridgehead atoms. The molecule has 0 radical (unpaired) electrons. The van der Waals surface area contributed by atoms with Crippen LogP contribution in [0.25, 0.3) is 0 Å². The van der Waals surface area contributed by atoms with E-state index in [1.54, 1.807) is 6.20 Å². The van der Waals surface area contributed by atoms with Crippen molar-refractivity contribution >= 4 is 27.7 Å². The molecule has 1 aromatic heterocycles. The van der Waals surface area contributed by atoms with Crippen LogP contribution in [0.2, 0.25) is 0 Å². The third-order valence-corrected chi connectivity index (χ3v) is 3.09. The Kier molecular flexibility index (Phi) is 3.06. The third-order valence-electron chi connectivity index (χ3n) is 2.53. The number of nitrogens with zero attached hydrogens (tertiary/aromatic N) is 3. The average molecular weight is 273 g/mol. The Morgan fingerprint density at radius 1 is 1.67 bits per heavy atom. The third kappa shape index (κ3) is 2.21. The van der Waals surface area contributed by atoms with Crippen LogP contribution in [-0.4, -0.2) is 36.3 Å². The van der Waals surface area contributed by atoms with Crippen LogP contribution in [0.15, 0.2) is 10.7 Å². The summed E-state index contributed by atoms with van der Waals surface area (Å²) in [5.41, 5.74) is 5.56. The second-order valence-electron chi connectivity index (χ2n) is 3.53. The van der Waals surface area contributed by atoms with Crippen molar-refractivity contribution in [3.05, 3.63) is 10.7 Å². The van der Waals surface area contributed by atoms with Crippen LogP contribution in [0.4, 0.5) is 11.8 Å². The van der Waals surface area contributed by atoms with Gasteiger partial charge in [0.1, 0.15) is 5.82 Å².